The molecule has 1 aromatic rings. The number of ketones is 1. The average molecular weight is 292 g/mol. The third kappa shape index (κ3) is 2.26. The number of halogens is 1. The molecule has 0 amide bonds. The van der Waals surface area contributed by atoms with Crippen LogP contribution in [-0.2, 0) is 9.31 Å². The molecule has 2 aliphatic rings. The highest BCUT2D eigenvalue weighted by Gasteiger charge is 2.52. The molecule has 3 rings (SSSR count). The molecule has 1 saturated heterocycles. The Bertz CT molecular complexity index is 596. The van der Waals surface area contributed by atoms with E-state index in [0.29, 0.717) is 24.3 Å². The summed E-state index contributed by atoms with van der Waals surface area (Å²) in [6.45, 7) is 7.89. The van der Waals surface area contributed by atoms with Crippen LogP contribution >= 0.6 is 0 Å². The van der Waals surface area contributed by atoms with E-state index in [9.17, 15) is 9.18 Å². The Labute approximate surface area is 123 Å². The second-order valence-corrected chi connectivity index (χ2v) is 6.48. The fourth-order valence-corrected chi connectivity index (χ4v) is 2.45. The van der Waals surface area contributed by atoms with Crippen molar-refractivity contribution in [2.24, 2.45) is 0 Å². The first-order valence-electron chi connectivity index (χ1n) is 7.06. The second kappa shape index (κ2) is 4.55. The number of hydrogen-bond acceptors (Lipinski definition) is 4. The predicted molar refractivity (Wildman–Crippen MR) is 76.6 cm³/mol. The number of ether oxygens (including phenoxy) is 1. The van der Waals surface area contributed by atoms with Crippen LogP contribution in [0.4, 0.5) is 4.39 Å². The van der Waals surface area contributed by atoms with E-state index in [1.807, 2.05) is 27.7 Å². The molecule has 21 heavy (non-hydrogen) atoms. The summed E-state index contributed by atoms with van der Waals surface area (Å²) in [7, 11) is -0.824. The fourth-order valence-electron chi connectivity index (χ4n) is 2.45. The highest BCUT2D eigenvalue weighted by atomic mass is 19.1. The molecular weight excluding hydrogens is 274 g/mol. The van der Waals surface area contributed by atoms with Crippen molar-refractivity contribution in [2.75, 3.05) is 6.61 Å². The number of Topliss-reactive ketones (excluding diaryl/α,β-unsaturated/α-hetero) is 1. The normalized spacial score (nSPS) is 22.9. The summed E-state index contributed by atoms with van der Waals surface area (Å²) in [5.74, 6) is -0.236. The quantitative estimate of drug-likeness (QED) is 0.743. The van der Waals surface area contributed by atoms with Crippen molar-refractivity contribution in [1.82, 2.24) is 0 Å². The maximum absolute atomic E-state index is 14.3. The predicted octanol–water partition coefficient (Wildman–Crippen LogP) is 2.09. The minimum absolute atomic E-state index is 0.0472. The van der Waals surface area contributed by atoms with Crippen LogP contribution in [0.1, 0.15) is 44.5 Å². The largest absolute Gasteiger partial charge is 0.497 e. The first-order valence-corrected chi connectivity index (χ1v) is 7.06. The average Bonchev–Trinajstić information content (AvgIpc) is 2.58. The van der Waals surface area contributed by atoms with E-state index in [1.165, 1.54) is 12.1 Å². The Balaban J connectivity index is 2.01. The molecule has 0 radical (unpaired) electrons. The van der Waals surface area contributed by atoms with Gasteiger partial charge in [-0.2, -0.15) is 0 Å². The molecule has 0 aromatic heterocycles. The van der Waals surface area contributed by atoms with E-state index in [0.717, 1.165) is 0 Å². The molecule has 0 N–H and O–H groups in total. The van der Waals surface area contributed by atoms with Crippen molar-refractivity contribution in [2.45, 2.75) is 45.3 Å². The van der Waals surface area contributed by atoms with Gasteiger partial charge in [-0.25, -0.2) is 4.39 Å². The molecule has 2 heterocycles. The minimum Gasteiger partial charge on any atom is -0.492 e. The van der Waals surface area contributed by atoms with Crippen molar-refractivity contribution in [3.05, 3.63) is 23.5 Å². The number of carbonyl (C=O) groups is 1. The van der Waals surface area contributed by atoms with Crippen LogP contribution in [0.15, 0.2) is 12.1 Å². The highest BCUT2D eigenvalue weighted by molar-refractivity contribution is 6.62. The summed E-state index contributed by atoms with van der Waals surface area (Å²) < 4.78 is 31.3. The molecule has 2 aliphatic heterocycles. The lowest BCUT2D eigenvalue weighted by molar-refractivity contribution is 0.00578. The van der Waals surface area contributed by atoms with E-state index in [1.54, 1.807) is 0 Å². The van der Waals surface area contributed by atoms with Gasteiger partial charge < -0.3 is 14.0 Å². The molecular formula is C15H18BFO4. The van der Waals surface area contributed by atoms with Gasteiger partial charge >= 0.3 is 7.12 Å². The Kier molecular flexibility index (Phi) is 3.15. The summed E-state index contributed by atoms with van der Waals surface area (Å²) in [5, 5.41) is 0. The van der Waals surface area contributed by atoms with Crippen molar-refractivity contribution in [1.29, 1.82) is 0 Å². The standard InChI is InChI=1S/C15H18BFO4/c1-14(2)15(3,4)21-16(20-14)10-7-9-12(18)5-6-19-13(9)8-11(10)17/h7-8H,5-6H2,1-4H3. The second-order valence-electron chi connectivity index (χ2n) is 6.48. The van der Waals surface area contributed by atoms with E-state index in [2.05, 4.69) is 0 Å². The summed E-state index contributed by atoms with van der Waals surface area (Å²) in [6, 6.07) is 2.74. The lowest BCUT2D eigenvalue weighted by Crippen LogP contribution is -2.41. The molecule has 0 unspecified atom stereocenters. The van der Waals surface area contributed by atoms with Gasteiger partial charge in [0.2, 0.25) is 0 Å². The van der Waals surface area contributed by atoms with E-state index in [-0.39, 0.29) is 11.2 Å². The van der Waals surface area contributed by atoms with E-state index >= 15 is 0 Å². The van der Waals surface area contributed by atoms with Gasteiger partial charge in [0.25, 0.3) is 0 Å². The Morgan fingerprint density at radius 2 is 1.76 bits per heavy atom. The lowest BCUT2D eigenvalue weighted by atomic mass is 9.77. The molecule has 1 fully saturated rings. The van der Waals surface area contributed by atoms with Crippen LogP contribution in [0.25, 0.3) is 0 Å². The topological polar surface area (TPSA) is 44.8 Å². The zero-order valence-electron chi connectivity index (χ0n) is 12.7. The van der Waals surface area contributed by atoms with Crippen molar-refractivity contribution >= 4 is 18.4 Å². The third-order valence-corrected chi connectivity index (χ3v) is 4.49. The number of benzene rings is 1. The number of rotatable bonds is 1. The van der Waals surface area contributed by atoms with Gasteiger partial charge in [-0.15, -0.1) is 0 Å². The van der Waals surface area contributed by atoms with Gasteiger partial charge in [0, 0.05) is 17.9 Å². The van der Waals surface area contributed by atoms with Gasteiger partial charge in [-0.1, -0.05) is 0 Å². The Morgan fingerprint density at radius 1 is 1.14 bits per heavy atom. The summed E-state index contributed by atoms with van der Waals surface area (Å²) in [4.78, 5) is 11.9. The molecule has 1 aromatic carbocycles. The molecule has 0 saturated carbocycles. The first kappa shape index (κ1) is 14.5. The lowest BCUT2D eigenvalue weighted by Gasteiger charge is -2.32. The van der Waals surface area contributed by atoms with Crippen LogP contribution in [0.5, 0.6) is 5.75 Å². The van der Waals surface area contributed by atoms with Crippen molar-refractivity contribution < 1.29 is 23.2 Å². The molecule has 0 aliphatic carbocycles. The van der Waals surface area contributed by atoms with Gasteiger partial charge in [-0.05, 0) is 33.8 Å². The number of fused-ring (bicyclic) bond motifs is 1. The summed E-state index contributed by atoms with van der Waals surface area (Å²) in [5.41, 5.74) is -0.472. The van der Waals surface area contributed by atoms with Crippen LogP contribution in [0, 0.1) is 5.82 Å². The van der Waals surface area contributed by atoms with Gasteiger partial charge in [0.05, 0.1) is 23.4 Å². The zero-order chi connectivity index (χ0) is 15.4. The fraction of sp³-hybridized carbons (Fsp3) is 0.533. The SMILES string of the molecule is CC1(C)OB(c2cc3c(cc2F)OCCC3=O)OC1(C)C. The highest BCUT2D eigenvalue weighted by Crippen LogP contribution is 2.37. The molecule has 6 heteroatoms. The van der Waals surface area contributed by atoms with E-state index in [4.69, 9.17) is 14.0 Å². The monoisotopic (exact) mass is 292 g/mol. The molecule has 0 spiro atoms. The van der Waals surface area contributed by atoms with Crippen molar-refractivity contribution in [3.8, 4) is 5.75 Å². The van der Waals surface area contributed by atoms with Crippen molar-refractivity contribution in [3.63, 3.8) is 0 Å². The van der Waals surface area contributed by atoms with E-state index < -0.39 is 24.1 Å². The van der Waals surface area contributed by atoms with Crippen LogP contribution < -0.4 is 10.2 Å². The minimum atomic E-state index is -0.824. The Morgan fingerprint density at radius 3 is 2.38 bits per heavy atom. The van der Waals surface area contributed by atoms with Gasteiger partial charge in [-0.3, -0.25) is 4.79 Å². The van der Waals surface area contributed by atoms with Gasteiger partial charge in [0.15, 0.2) is 5.78 Å². The molecule has 112 valence electrons. The maximum atomic E-state index is 14.3. The number of carbonyl (C=O) groups excluding carboxylic acids is 1. The zero-order valence-corrected chi connectivity index (χ0v) is 12.7. The maximum Gasteiger partial charge on any atom is 0.497 e. The molecule has 0 bridgehead atoms. The Hall–Kier alpha value is -1.40. The molecule has 4 nitrogen and oxygen atoms in total. The third-order valence-electron chi connectivity index (χ3n) is 4.49. The first-order chi connectivity index (χ1) is 9.71. The van der Waals surface area contributed by atoms with Gasteiger partial charge in [0.1, 0.15) is 11.6 Å². The van der Waals surface area contributed by atoms with Crippen LogP contribution in [-0.4, -0.2) is 30.7 Å². The van der Waals surface area contributed by atoms with Crippen LogP contribution in [0.3, 0.4) is 0 Å². The number of hydrogen-bond donors (Lipinski definition) is 0. The molecule has 0 atom stereocenters. The summed E-state index contributed by atoms with van der Waals surface area (Å²) >= 11 is 0. The van der Waals surface area contributed by atoms with Crippen LogP contribution in [0.2, 0.25) is 0 Å². The summed E-state index contributed by atoms with van der Waals surface area (Å²) in [6.07, 6.45) is 0.307. The smallest absolute Gasteiger partial charge is 0.492 e.